The zero-order valence-electron chi connectivity index (χ0n) is 11.6. The van der Waals surface area contributed by atoms with Gasteiger partial charge in [0, 0.05) is 39.4 Å². The normalized spacial score (nSPS) is 16.8. The Bertz CT molecular complexity index is 658. The van der Waals surface area contributed by atoms with Gasteiger partial charge in [0.15, 0.2) is 5.65 Å². The summed E-state index contributed by atoms with van der Waals surface area (Å²) >= 11 is 0. The van der Waals surface area contributed by atoms with Gasteiger partial charge in [0.05, 0.1) is 17.3 Å². The lowest BCUT2D eigenvalue weighted by molar-refractivity contribution is 0.0697. The highest BCUT2D eigenvalue weighted by atomic mass is 16.4. The van der Waals surface area contributed by atoms with Crippen LogP contribution in [0.1, 0.15) is 10.4 Å². The van der Waals surface area contributed by atoms with E-state index in [0.717, 1.165) is 37.3 Å². The topological polar surface area (TPSA) is 74.5 Å². The molecule has 106 valence electrons. The van der Waals surface area contributed by atoms with E-state index in [1.807, 2.05) is 7.05 Å². The van der Waals surface area contributed by atoms with Crippen LogP contribution in [-0.2, 0) is 7.05 Å². The SMILES string of the molecule is CN1CCN(c2c(C(=O)O)cnc3c2cnn3C)CC1. The molecule has 2 aromatic rings. The minimum atomic E-state index is -0.947. The number of hydrogen-bond acceptors (Lipinski definition) is 5. The molecule has 0 aliphatic carbocycles. The molecule has 7 heteroatoms. The number of anilines is 1. The first kappa shape index (κ1) is 12.9. The molecule has 0 radical (unpaired) electrons. The molecule has 7 nitrogen and oxygen atoms in total. The molecular formula is C13H17N5O2. The van der Waals surface area contributed by atoms with E-state index in [2.05, 4.69) is 26.9 Å². The van der Waals surface area contributed by atoms with E-state index >= 15 is 0 Å². The van der Waals surface area contributed by atoms with Crippen molar-refractivity contribution in [2.75, 3.05) is 38.1 Å². The maximum absolute atomic E-state index is 11.5. The Morgan fingerprint density at radius 3 is 2.55 bits per heavy atom. The highest BCUT2D eigenvalue weighted by molar-refractivity contribution is 6.03. The number of aromatic nitrogens is 3. The van der Waals surface area contributed by atoms with Gasteiger partial charge in [-0.15, -0.1) is 0 Å². The van der Waals surface area contributed by atoms with Crippen LogP contribution in [0, 0.1) is 0 Å². The zero-order chi connectivity index (χ0) is 14.3. The fraction of sp³-hybridized carbons (Fsp3) is 0.462. The lowest BCUT2D eigenvalue weighted by atomic mass is 10.1. The average molecular weight is 275 g/mol. The van der Waals surface area contributed by atoms with Gasteiger partial charge < -0.3 is 14.9 Å². The summed E-state index contributed by atoms with van der Waals surface area (Å²) in [7, 11) is 3.88. The molecule has 0 aromatic carbocycles. The van der Waals surface area contributed by atoms with Crippen molar-refractivity contribution in [3.63, 3.8) is 0 Å². The van der Waals surface area contributed by atoms with Crippen LogP contribution in [0.3, 0.4) is 0 Å². The van der Waals surface area contributed by atoms with E-state index in [1.54, 1.807) is 10.9 Å². The van der Waals surface area contributed by atoms with Gasteiger partial charge in [-0.2, -0.15) is 5.10 Å². The molecule has 0 amide bonds. The molecule has 1 N–H and O–H groups in total. The number of likely N-dealkylation sites (N-methyl/N-ethyl adjacent to an activating group) is 1. The number of hydrogen-bond donors (Lipinski definition) is 1. The van der Waals surface area contributed by atoms with E-state index in [-0.39, 0.29) is 5.56 Å². The number of carboxylic acids is 1. The zero-order valence-corrected chi connectivity index (χ0v) is 11.6. The van der Waals surface area contributed by atoms with Gasteiger partial charge in [0.2, 0.25) is 0 Å². The molecule has 1 aliphatic rings. The fourth-order valence-electron chi connectivity index (χ4n) is 2.61. The molecule has 1 fully saturated rings. The van der Waals surface area contributed by atoms with Crippen LogP contribution in [0.15, 0.2) is 12.4 Å². The Morgan fingerprint density at radius 2 is 1.90 bits per heavy atom. The lowest BCUT2D eigenvalue weighted by Crippen LogP contribution is -2.45. The Labute approximate surface area is 116 Å². The number of piperazine rings is 1. The van der Waals surface area contributed by atoms with Gasteiger partial charge in [-0.3, -0.25) is 4.68 Å². The molecular weight excluding hydrogens is 258 g/mol. The van der Waals surface area contributed by atoms with Crippen molar-refractivity contribution in [1.29, 1.82) is 0 Å². The number of rotatable bonds is 2. The molecule has 1 saturated heterocycles. The minimum absolute atomic E-state index is 0.245. The summed E-state index contributed by atoms with van der Waals surface area (Å²) in [6.45, 7) is 3.46. The predicted octanol–water partition coefficient (Wildman–Crippen LogP) is 0.418. The van der Waals surface area contributed by atoms with E-state index in [4.69, 9.17) is 0 Å². The monoisotopic (exact) mass is 275 g/mol. The van der Waals surface area contributed by atoms with Crippen LogP contribution in [0.5, 0.6) is 0 Å². The summed E-state index contributed by atoms with van der Waals surface area (Å²) < 4.78 is 1.67. The van der Waals surface area contributed by atoms with Gasteiger partial charge in [0.25, 0.3) is 0 Å². The molecule has 0 saturated carbocycles. The Balaban J connectivity index is 2.15. The molecule has 2 aromatic heterocycles. The predicted molar refractivity (Wildman–Crippen MR) is 75.2 cm³/mol. The van der Waals surface area contributed by atoms with Crippen molar-refractivity contribution in [2.45, 2.75) is 0 Å². The van der Waals surface area contributed by atoms with Gasteiger partial charge in [-0.05, 0) is 7.05 Å². The van der Waals surface area contributed by atoms with E-state index in [1.165, 1.54) is 6.20 Å². The van der Waals surface area contributed by atoms with Crippen LogP contribution >= 0.6 is 0 Å². The first-order chi connectivity index (χ1) is 9.58. The third-order valence-corrected chi connectivity index (χ3v) is 3.78. The summed E-state index contributed by atoms with van der Waals surface area (Å²) in [5, 5.41) is 14.4. The summed E-state index contributed by atoms with van der Waals surface area (Å²) in [4.78, 5) is 20.0. The highest BCUT2D eigenvalue weighted by Crippen LogP contribution is 2.30. The van der Waals surface area contributed by atoms with Crippen molar-refractivity contribution in [3.05, 3.63) is 18.0 Å². The maximum atomic E-state index is 11.5. The molecule has 20 heavy (non-hydrogen) atoms. The summed E-state index contributed by atoms with van der Waals surface area (Å²) in [5.41, 5.74) is 1.70. The van der Waals surface area contributed by atoms with Crippen molar-refractivity contribution < 1.29 is 9.90 Å². The number of aromatic carboxylic acids is 1. The van der Waals surface area contributed by atoms with E-state index < -0.39 is 5.97 Å². The molecule has 3 heterocycles. The summed E-state index contributed by atoms with van der Waals surface area (Å²) in [6, 6.07) is 0. The second-order valence-electron chi connectivity index (χ2n) is 5.12. The van der Waals surface area contributed by atoms with Crippen molar-refractivity contribution in [2.24, 2.45) is 7.05 Å². The number of carboxylic acid groups (broad SMARTS) is 1. The van der Waals surface area contributed by atoms with Crippen LogP contribution in [0.4, 0.5) is 5.69 Å². The molecule has 0 unspecified atom stereocenters. The summed E-state index contributed by atoms with van der Waals surface area (Å²) in [5.74, 6) is -0.947. The van der Waals surface area contributed by atoms with Gasteiger partial charge in [-0.1, -0.05) is 0 Å². The number of pyridine rings is 1. The Hall–Kier alpha value is -2.15. The third-order valence-electron chi connectivity index (χ3n) is 3.78. The third kappa shape index (κ3) is 2.00. The first-order valence-corrected chi connectivity index (χ1v) is 6.55. The maximum Gasteiger partial charge on any atom is 0.339 e. The Kier molecular flexibility index (Phi) is 3.06. The number of carbonyl (C=O) groups is 1. The summed E-state index contributed by atoms with van der Waals surface area (Å²) in [6.07, 6.45) is 3.13. The van der Waals surface area contributed by atoms with Gasteiger partial charge >= 0.3 is 5.97 Å². The second kappa shape index (κ2) is 4.75. The second-order valence-corrected chi connectivity index (χ2v) is 5.12. The van der Waals surface area contributed by atoms with Crippen LogP contribution in [0.25, 0.3) is 11.0 Å². The Morgan fingerprint density at radius 1 is 1.20 bits per heavy atom. The fourth-order valence-corrected chi connectivity index (χ4v) is 2.61. The standard InChI is InChI=1S/C13H17N5O2/c1-16-3-5-18(6-4-16)11-9-8-15-17(2)12(9)14-7-10(11)13(19)20/h7-8H,3-6H2,1-2H3,(H,19,20). The number of aryl methyl sites for hydroxylation is 1. The van der Waals surface area contributed by atoms with Gasteiger partial charge in [-0.25, -0.2) is 9.78 Å². The first-order valence-electron chi connectivity index (χ1n) is 6.55. The molecule has 1 aliphatic heterocycles. The van der Waals surface area contributed by atoms with Crippen LogP contribution < -0.4 is 4.90 Å². The molecule has 0 spiro atoms. The van der Waals surface area contributed by atoms with Crippen molar-refractivity contribution in [1.82, 2.24) is 19.7 Å². The van der Waals surface area contributed by atoms with E-state index in [0.29, 0.717) is 5.65 Å². The van der Waals surface area contributed by atoms with Gasteiger partial charge in [0.1, 0.15) is 5.56 Å². The largest absolute Gasteiger partial charge is 0.478 e. The van der Waals surface area contributed by atoms with Crippen LogP contribution in [0.2, 0.25) is 0 Å². The van der Waals surface area contributed by atoms with E-state index in [9.17, 15) is 9.90 Å². The van der Waals surface area contributed by atoms with Crippen LogP contribution in [-0.4, -0.2) is 64.0 Å². The quantitative estimate of drug-likeness (QED) is 0.856. The number of nitrogens with zero attached hydrogens (tertiary/aromatic N) is 5. The smallest absolute Gasteiger partial charge is 0.339 e. The molecule has 0 atom stereocenters. The average Bonchev–Trinajstić information content (AvgIpc) is 2.80. The molecule has 0 bridgehead atoms. The number of fused-ring (bicyclic) bond motifs is 1. The van der Waals surface area contributed by atoms with Crippen molar-refractivity contribution in [3.8, 4) is 0 Å². The lowest BCUT2D eigenvalue weighted by Gasteiger charge is -2.34. The van der Waals surface area contributed by atoms with Crippen molar-refractivity contribution >= 4 is 22.7 Å². The molecule has 3 rings (SSSR count). The minimum Gasteiger partial charge on any atom is -0.478 e. The highest BCUT2D eigenvalue weighted by Gasteiger charge is 2.24.